The number of carboxylic acid groups (broad SMARTS) is 1. The van der Waals surface area contributed by atoms with E-state index < -0.39 is 148 Å². The van der Waals surface area contributed by atoms with E-state index >= 15 is 0 Å². The van der Waals surface area contributed by atoms with Gasteiger partial charge in [-0.25, -0.2) is 4.79 Å². The van der Waals surface area contributed by atoms with E-state index in [0.29, 0.717) is 19.3 Å². The molecule has 0 saturated carbocycles. The molecule has 2 amide bonds. The Bertz CT molecular complexity index is 2070. The van der Waals surface area contributed by atoms with E-state index in [-0.39, 0.29) is 18.9 Å². The number of rotatable bonds is 64. The van der Waals surface area contributed by atoms with Gasteiger partial charge >= 0.3 is 5.97 Å². The Morgan fingerprint density at radius 1 is 0.505 bits per heavy atom. The van der Waals surface area contributed by atoms with Gasteiger partial charge in [0, 0.05) is 19.8 Å². The lowest BCUT2D eigenvalue weighted by Crippen LogP contribution is -2.70. The maximum Gasteiger partial charge on any atom is 0.364 e. The Morgan fingerprint density at radius 2 is 0.921 bits per heavy atom. The van der Waals surface area contributed by atoms with Crippen molar-refractivity contribution in [1.82, 2.24) is 10.6 Å². The fourth-order valence-electron chi connectivity index (χ4n) is 14.3. The van der Waals surface area contributed by atoms with Gasteiger partial charge in [0.2, 0.25) is 11.8 Å². The first-order chi connectivity index (χ1) is 48.9. The molecular formula is C78H146N2O21. The van der Waals surface area contributed by atoms with Crippen molar-refractivity contribution in [2.75, 3.05) is 26.4 Å². The summed E-state index contributed by atoms with van der Waals surface area (Å²) in [6.07, 6.45) is 32.0. The highest BCUT2D eigenvalue weighted by molar-refractivity contribution is 5.77. The van der Waals surface area contributed by atoms with Crippen LogP contribution >= 0.6 is 0 Å². The number of allylic oxidation sites excluding steroid dienone is 2. The molecule has 18 atom stereocenters. The van der Waals surface area contributed by atoms with Crippen molar-refractivity contribution in [2.45, 2.75) is 439 Å². The SMILES string of the molecule is CCCCCCCCCCCCCC/C=C\CCCCCCCCCCCCC(=O)NC(COC1OC(CO)C(OC2OC(CO)C(O)C(OC3(C(=O)O)CC(O)C(NC(C)=O)C(C(O)C(O)CO)O3)C2O)C(O)C1O)C(O)CCCCCCCCCCCCCCCCCCCCCCC. The second kappa shape index (κ2) is 57.6. The number of nitrogens with one attached hydrogen (secondary N) is 2. The van der Waals surface area contributed by atoms with Crippen LogP contribution in [0, 0.1) is 0 Å². The van der Waals surface area contributed by atoms with Crippen LogP contribution in [0.2, 0.25) is 0 Å². The molecule has 23 heteroatoms. The monoisotopic (exact) mass is 1450 g/mol. The summed E-state index contributed by atoms with van der Waals surface area (Å²) in [4.78, 5) is 38.7. The predicted octanol–water partition coefficient (Wildman–Crippen LogP) is 10.6. The van der Waals surface area contributed by atoms with Crippen LogP contribution in [0.4, 0.5) is 0 Å². The molecule has 3 rings (SSSR count). The first-order valence-corrected chi connectivity index (χ1v) is 40.5. The van der Waals surface area contributed by atoms with Crippen molar-refractivity contribution >= 4 is 17.8 Å². The lowest BCUT2D eigenvalue weighted by molar-refractivity contribution is -0.386. The van der Waals surface area contributed by atoms with Crippen molar-refractivity contribution in [3.05, 3.63) is 12.2 Å². The van der Waals surface area contributed by atoms with Gasteiger partial charge in [-0.05, 0) is 38.5 Å². The molecule has 3 aliphatic heterocycles. The van der Waals surface area contributed by atoms with Gasteiger partial charge in [-0.3, -0.25) is 9.59 Å². The first-order valence-electron chi connectivity index (χ1n) is 40.5. The zero-order valence-electron chi connectivity index (χ0n) is 62.8. The van der Waals surface area contributed by atoms with E-state index in [2.05, 4.69) is 36.6 Å². The summed E-state index contributed by atoms with van der Waals surface area (Å²) >= 11 is 0. The molecule has 594 valence electrons. The lowest BCUT2D eigenvalue weighted by Gasteiger charge is -2.50. The molecule has 3 heterocycles. The number of amides is 2. The molecule has 14 N–H and O–H groups in total. The molecule has 3 aliphatic rings. The molecule has 0 bridgehead atoms. The number of hydrogen-bond acceptors (Lipinski definition) is 20. The summed E-state index contributed by atoms with van der Waals surface area (Å²) in [5.74, 6) is -6.09. The zero-order valence-corrected chi connectivity index (χ0v) is 62.8. The number of aliphatic hydroxyl groups is 11. The maximum absolute atomic E-state index is 13.6. The minimum absolute atomic E-state index is 0.224. The average molecular weight is 1450 g/mol. The Kier molecular flexibility index (Phi) is 52.9. The zero-order chi connectivity index (χ0) is 73.9. The van der Waals surface area contributed by atoms with Gasteiger partial charge in [-0.15, -0.1) is 0 Å². The molecule has 0 spiro atoms. The van der Waals surface area contributed by atoms with E-state index in [0.717, 1.165) is 64.7 Å². The summed E-state index contributed by atoms with van der Waals surface area (Å²) in [7, 11) is 0. The summed E-state index contributed by atoms with van der Waals surface area (Å²) in [5, 5.41) is 137. The quantitative estimate of drug-likeness (QED) is 0.0199. The molecule has 0 radical (unpaired) electrons. The Hall–Kier alpha value is -2.53. The highest BCUT2D eigenvalue weighted by Gasteiger charge is 2.60. The third-order valence-electron chi connectivity index (χ3n) is 20.7. The van der Waals surface area contributed by atoms with Crippen LogP contribution in [0.5, 0.6) is 0 Å². The van der Waals surface area contributed by atoms with E-state index in [1.165, 1.54) is 218 Å². The van der Waals surface area contributed by atoms with Crippen molar-refractivity contribution in [3.63, 3.8) is 0 Å². The number of carbonyl (C=O) groups excluding carboxylic acids is 2. The van der Waals surface area contributed by atoms with E-state index in [9.17, 15) is 75.7 Å². The number of unbranched alkanes of at least 4 members (excludes halogenated alkanes) is 42. The van der Waals surface area contributed by atoms with Gasteiger partial charge < -0.3 is 100 Å². The van der Waals surface area contributed by atoms with Crippen LogP contribution < -0.4 is 10.6 Å². The molecule has 0 aliphatic carbocycles. The summed E-state index contributed by atoms with van der Waals surface area (Å²) < 4.78 is 35.0. The van der Waals surface area contributed by atoms with E-state index in [1.807, 2.05) is 0 Å². The molecule has 0 aromatic heterocycles. The van der Waals surface area contributed by atoms with Crippen LogP contribution in [-0.4, -0.2) is 215 Å². The Labute approximate surface area is 607 Å². The molecule has 3 saturated heterocycles. The van der Waals surface area contributed by atoms with Crippen molar-refractivity contribution in [1.29, 1.82) is 0 Å². The topological polar surface area (TPSA) is 373 Å². The molecule has 101 heavy (non-hydrogen) atoms. The third kappa shape index (κ3) is 38.2. The lowest BCUT2D eigenvalue weighted by atomic mass is 9.88. The van der Waals surface area contributed by atoms with Crippen molar-refractivity contribution < 1.29 is 104 Å². The fourth-order valence-corrected chi connectivity index (χ4v) is 14.3. The van der Waals surface area contributed by atoms with Gasteiger partial charge in [0.25, 0.3) is 5.79 Å². The Morgan fingerprint density at radius 3 is 1.34 bits per heavy atom. The highest BCUT2D eigenvalue weighted by atomic mass is 16.8. The van der Waals surface area contributed by atoms with Crippen LogP contribution in [0.15, 0.2) is 12.2 Å². The predicted molar refractivity (Wildman–Crippen MR) is 389 cm³/mol. The second-order valence-electron chi connectivity index (χ2n) is 29.6. The number of aliphatic hydroxyl groups excluding tert-OH is 11. The number of carbonyl (C=O) groups is 3. The minimum atomic E-state index is -3.08. The second-order valence-corrected chi connectivity index (χ2v) is 29.6. The Balaban J connectivity index is 1.51. The van der Waals surface area contributed by atoms with E-state index in [1.54, 1.807) is 0 Å². The summed E-state index contributed by atoms with van der Waals surface area (Å²) in [6.45, 7) is 2.26. The standard InChI is InChI=1S/C78H146N2O21/c1-4-6-8-10-12-14-16-18-20-22-24-26-27-28-29-30-32-34-36-38-40-42-44-46-48-50-52-65(88)80-59(60(85)51-49-47-45-43-41-39-37-35-33-31-25-23-21-19-17-15-13-11-9-7-5-2)57-96-75-70(92)69(91)72(64(56-83)98-75)99-76-71(93)74(68(90)63(55-82)97-76)101-78(77(94)95)53-61(86)66(79-58(3)84)73(100-78)67(89)62(87)54-81/h28-29,59-64,66-76,81-83,85-87,89-93H,4-27,30-57H2,1-3H3,(H,79,84)(H,80,88)(H,94,95)/b29-28-. The number of carboxylic acids is 1. The third-order valence-corrected chi connectivity index (χ3v) is 20.7. The van der Waals surface area contributed by atoms with Crippen molar-refractivity contribution in [3.8, 4) is 0 Å². The van der Waals surface area contributed by atoms with Crippen LogP contribution in [-0.2, 0) is 42.8 Å². The molecule has 0 aromatic carbocycles. The summed E-state index contributed by atoms with van der Waals surface area (Å²) in [6, 6.07) is -2.53. The fraction of sp³-hybridized carbons (Fsp3) is 0.936. The van der Waals surface area contributed by atoms with Crippen molar-refractivity contribution in [2.24, 2.45) is 0 Å². The maximum atomic E-state index is 13.6. The normalized spacial score (nSPS) is 26.8. The summed E-state index contributed by atoms with van der Waals surface area (Å²) in [5.41, 5.74) is 0. The molecule has 23 nitrogen and oxygen atoms in total. The largest absolute Gasteiger partial charge is 0.477 e. The van der Waals surface area contributed by atoms with Crippen LogP contribution in [0.3, 0.4) is 0 Å². The van der Waals surface area contributed by atoms with Gasteiger partial charge in [0.15, 0.2) is 12.6 Å². The number of aliphatic carboxylic acids is 1. The van der Waals surface area contributed by atoms with Gasteiger partial charge in [0.05, 0.1) is 50.7 Å². The average Bonchev–Trinajstić information content (AvgIpc) is 0.756. The minimum Gasteiger partial charge on any atom is -0.477 e. The number of ether oxygens (including phenoxy) is 6. The molecule has 3 fully saturated rings. The molecular weight excluding hydrogens is 1300 g/mol. The van der Waals surface area contributed by atoms with Crippen LogP contribution in [0.1, 0.15) is 329 Å². The van der Waals surface area contributed by atoms with E-state index in [4.69, 9.17) is 28.4 Å². The van der Waals surface area contributed by atoms with Gasteiger partial charge in [-0.1, -0.05) is 283 Å². The molecule has 0 aromatic rings. The first kappa shape index (κ1) is 92.7. The molecule has 18 unspecified atom stereocenters. The smallest absolute Gasteiger partial charge is 0.364 e. The highest BCUT2D eigenvalue weighted by Crippen LogP contribution is 2.39. The van der Waals surface area contributed by atoms with Crippen LogP contribution in [0.25, 0.3) is 0 Å². The van der Waals surface area contributed by atoms with Gasteiger partial charge in [0.1, 0.15) is 67.1 Å². The van der Waals surface area contributed by atoms with Gasteiger partial charge in [-0.2, -0.15) is 0 Å². The number of hydrogen-bond donors (Lipinski definition) is 14.